The molecule has 8 heteroatoms. The van der Waals surface area contributed by atoms with Crippen LogP contribution in [0.4, 0.5) is 0 Å². The zero-order chi connectivity index (χ0) is 17.6. The number of nitrogens with two attached hydrogens (primary N) is 2. The first-order valence-electron chi connectivity index (χ1n) is 7.89. The van der Waals surface area contributed by atoms with Crippen LogP contribution < -0.4 is 11.5 Å². The Kier molecular flexibility index (Phi) is 8.96. The summed E-state index contributed by atoms with van der Waals surface area (Å²) in [5, 5.41) is 0. The van der Waals surface area contributed by atoms with Gasteiger partial charge < -0.3 is 29.2 Å². The van der Waals surface area contributed by atoms with Gasteiger partial charge in [0.1, 0.15) is 0 Å². The highest BCUT2D eigenvalue weighted by atomic mass is 28.4. The van der Waals surface area contributed by atoms with Crippen LogP contribution in [0.1, 0.15) is 26.7 Å². The minimum absolute atomic E-state index is 0.0436. The minimum atomic E-state index is -2.46. The first kappa shape index (κ1) is 22.2. The summed E-state index contributed by atoms with van der Waals surface area (Å²) in [6, 6.07) is 0. The first-order valence-corrected chi connectivity index (χ1v) is 12.7. The lowest BCUT2D eigenvalue weighted by Gasteiger charge is -2.50. The van der Waals surface area contributed by atoms with Gasteiger partial charge >= 0.3 is 17.1 Å². The summed E-state index contributed by atoms with van der Waals surface area (Å²) in [6.07, 6.45) is 1.68. The summed E-state index contributed by atoms with van der Waals surface area (Å²) in [5.74, 6) is 0. The van der Waals surface area contributed by atoms with Crippen LogP contribution in [0.15, 0.2) is 0 Å². The van der Waals surface area contributed by atoms with Crippen molar-refractivity contribution in [2.24, 2.45) is 11.5 Å². The molecule has 2 unspecified atom stereocenters. The molecule has 134 valence electrons. The highest BCUT2D eigenvalue weighted by Crippen LogP contribution is 2.47. The smallest absolute Gasteiger partial charge is 0.339 e. The summed E-state index contributed by atoms with van der Waals surface area (Å²) < 4.78 is 23.1. The first-order chi connectivity index (χ1) is 10.2. The van der Waals surface area contributed by atoms with Gasteiger partial charge in [-0.3, -0.25) is 0 Å². The third kappa shape index (κ3) is 3.99. The van der Waals surface area contributed by atoms with E-state index in [0.29, 0.717) is 6.54 Å². The van der Waals surface area contributed by atoms with Gasteiger partial charge in [-0.05, 0) is 25.9 Å². The van der Waals surface area contributed by atoms with Gasteiger partial charge in [0.05, 0.1) is 0 Å². The lowest BCUT2D eigenvalue weighted by Crippen LogP contribution is -2.67. The summed E-state index contributed by atoms with van der Waals surface area (Å²) in [7, 11) is 1.86. The van der Waals surface area contributed by atoms with Crippen molar-refractivity contribution in [1.82, 2.24) is 0 Å². The third-order valence-electron chi connectivity index (χ3n) is 5.35. The fraction of sp³-hybridized carbons (Fsp3) is 1.00. The normalized spacial score (nSPS) is 18.8. The Bertz CT molecular complexity index is 300. The molecule has 0 aromatic carbocycles. The van der Waals surface area contributed by atoms with E-state index < -0.39 is 22.7 Å². The Hall–Kier alpha value is 0.194. The maximum atomic E-state index is 6.91. The average Bonchev–Trinajstić information content (AvgIpc) is 2.55. The molecule has 6 nitrogen and oxygen atoms in total. The van der Waals surface area contributed by atoms with Crippen LogP contribution in [0.25, 0.3) is 0 Å². The molecule has 0 aliphatic heterocycles. The molecular formula is C14H36N2O4Si2. The molecule has 0 aromatic rings. The molecule has 0 bridgehead atoms. The van der Waals surface area contributed by atoms with Crippen LogP contribution in [0.2, 0.25) is 24.2 Å². The fourth-order valence-electron chi connectivity index (χ4n) is 3.74. The van der Waals surface area contributed by atoms with Gasteiger partial charge in [-0.15, -0.1) is 0 Å². The predicted molar refractivity (Wildman–Crippen MR) is 95.3 cm³/mol. The molecule has 0 saturated heterocycles. The van der Waals surface area contributed by atoms with Gasteiger partial charge in [-0.25, -0.2) is 0 Å². The molecule has 0 fully saturated rings. The Balaban J connectivity index is 5.99. The zero-order valence-electron chi connectivity index (χ0n) is 15.6. The molecule has 0 aliphatic rings. The van der Waals surface area contributed by atoms with E-state index in [9.17, 15) is 0 Å². The summed E-state index contributed by atoms with van der Waals surface area (Å²) >= 11 is 0. The molecule has 2 atom stereocenters. The Morgan fingerprint density at radius 2 is 1.09 bits per heavy atom. The van der Waals surface area contributed by atoms with Crippen molar-refractivity contribution in [2.45, 2.75) is 56.4 Å². The van der Waals surface area contributed by atoms with Gasteiger partial charge in [0.25, 0.3) is 0 Å². The lowest BCUT2D eigenvalue weighted by molar-refractivity contribution is 0.177. The molecule has 4 N–H and O–H groups in total. The van der Waals surface area contributed by atoms with Crippen molar-refractivity contribution in [3.8, 4) is 0 Å². The van der Waals surface area contributed by atoms with Crippen LogP contribution in [-0.4, -0.2) is 57.6 Å². The largest absolute Gasteiger partial charge is 0.398 e. The van der Waals surface area contributed by atoms with Crippen LogP contribution in [0, 0.1) is 0 Å². The molecular weight excluding hydrogens is 316 g/mol. The molecule has 0 aromatic heterocycles. The van der Waals surface area contributed by atoms with Crippen molar-refractivity contribution in [3.63, 3.8) is 0 Å². The van der Waals surface area contributed by atoms with Gasteiger partial charge in [0.2, 0.25) is 0 Å². The van der Waals surface area contributed by atoms with Crippen LogP contribution in [-0.2, 0) is 17.7 Å². The van der Waals surface area contributed by atoms with Crippen molar-refractivity contribution in [1.29, 1.82) is 0 Å². The third-order valence-corrected chi connectivity index (χ3v) is 13.0. The summed E-state index contributed by atoms with van der Waals surface area (Å²) in [6.45, 7) is 8.65. The van der Waals surface area contributed by atoms with Crippen molar-refractivity contribution >= 4 is 17.1 Å². The molecule has 22 heavy (non-hydrogen) atoms. The Morgan fingerprint density at radius 3 is 1.23 bits per heavy atom. The van der Waals surface area contributed by atoms with E-state index in [4.69, 9.17) is 29.2 Å². The second-order valence-corrected chi connectivity index (χ2v) is 13.2. The second kappa shape index (κ2) is 8.88. The van der Waals surface area contributed by atoms with E-state index in [1.54, 1.807) is 28.4 Å². The van der Waals surface area contributed by atoms with Gasteiger partial charge in [-0.1, -0.05) is 13.8 Å². The molecule has 0 amide bonds. The van der Waals surface area contributed by atoms with E-state index in [-0.39, 0.29) is 11.1 Å². The SMILES string of the molecule is CCC(C(N)(CN)C(CC)[Si](C)(OC)OC)[Si](C)(OC)OC. The maximum absolute atomic E-state index is 6.91. The van der Waals surface area contributed by atoms with Gasteiger partial charge in [-0.2, -0.15) is 0 Å². The summed E-state index contributed by atoms with van der Waals surface area (Å²) in [4.78, 5) is 0. The number of hydrogen-bond acceptors (Lipinski definition) is 6. The topological polar surface area (TPSA) is 89.0 Å². The van der Waals surface area contributed by atoms with Crippen molar-refractivity contribution in [2.75, 3.05) is 35.0 Å². The van der Waals surface area contributed by atoms with Crippen LogP contribution in [0.5, 0.6) is 0 Å². The molecule has 0 spiro atoms. The van der Waals surface area contributed by atoms with Crippen molar-refractivity contribution in [3.05, 3.63) is 0 Å². The quantitative estimate of drug-likeness (QED) is 0.552. The highest BCUT2D eigenvalue weighted by molar-refractivity contribution is 6.70. The zero-order valence-corrected chi connectivity index (χ0v) is 17.6. The molecule has 0 radical (unpaired) electrons. The summed E-state index contributed by atoms with van der Waals surface area (Å²) in [5.41, 5.74) is 12.5. The minimum Gasteiger partial charge on any atom is -0.398 e. The van der Waals surface area contributed by atoms with Gasteiger partial charge in [0, 0.05) is 51.6 Å². The Labute approximate surface area is 138 Å². The molecule has 0 rings (SSSR count). The Morgan fingerprint density at radius 1 is 0.818 bits per heavy atom. The molecule has 0 aliphatic carbocycles. The fourth-order valence-corrected chi connectivity index (χ4v) is 9.45. The predicted octanol–water partition coefficient (Wildman–Crippen LogP) is 1.93. The lowest BCUT2D eigenvalue weighted by atomic mass is 9.88. The second-order valence-electron chi connectivity index (χ2n) is 6.09. The van der Waals surface area contributed by atoms with E-state index in [1.165, 1.54) is 0 Å². The van der Waals surface area contributed by atoms with Crippen LogP contribution in [0.3, 0.4) is 0 Å². The van der Waals surface area contributed by atoms with E-state index >= 15 is 0 Å². The van der Waals surface area contributed by atoms with Crippen molar-refractivity contribution < 1.29 is 17.7 Å². The molecule has 0 saturated carbocycles. The number of rotatable bonds is 11. The van der Waals surface area contributed by atoms with E-state index in [2.05, 4.69) is 13.8 Å². The van der Waals surface area contributed by atoms with Gasteiger partial charge in [0.15, 0.2) is 0 Å². The van der Waals surface area contributed by atoms with E-state index in [1.807, 2.05) is 13.1 Å². The maximum Gasteiger partial charge on any atom is 0.339 e. The average molecular weight is 353 g/mol. The monoisotopic (exact) mass is 352 g/mol. The van der Waals surface area contributed by atoms with Crippen LogP contribution >= 0.6 is 0 Å². The molecule has 0 heterocycles. The van der Waals surface area contributed by atoms with E-state index in [0.717, 1.165) is 12.8 Å². The highest BCUT2D eigenvalue weighted by Gasteiger charge is 2.58. The number of hydrogen-bond donors (Lipinski definition) is 2. The standard InChI is InChI=1S/C14H36N2O4Si2/c1-9-12(21(7,17-3)18-4)14(16,11-15)13(10-2)22(8,19-5)20-6/h12-13H,9-11,15-16H2,1-8H3.